The molecule has 0 saturated heterocycles. The number of rotatable bonds is 7. The Labute approximate surface area is 163 Å². The maximum Gasteiger partial charge on any atom is 0.291 e. The first kappa shape index (κ1) is 21.3. The Hall–Kier alpha value is -2.02. The van der Waals surface area contributed by atoms with Gasteiger partial charge in [0.1, 0.15) is 0 Å². The van der Waals surface area contributed by atoms with Crippen LogP contribution in [0.5, 0.6) is 0 Å². The number of aromatic nitrogens is 2. The van der Waals surface area contributed by atoms with Gasteiger partial charge in [0.05, 0.1) is 0 Å². The molecule has 7 heteroatoms. The second-order valence-electron chi connectivity index (χ2n) is 6.78. The highest BCUT2D eigenvalue weighted by Crippen LogP contribution is 2.28. The number of halogens is 2. The van der Waals surface area contributed by atoms with Crippen molar-refractivity contribution in [2.24, 2.45) is 0 Å². The molecule has 27 heavy (non-hydrogen) atoms. The number of alkyl halides is 2. The number of amides is 1. The molecule has 2 aromatic rings. The third kappa shape index (κ3) is 5.73. The number of benzene rings is 1. The largest absolute Gasteiger partial charge is 0.326 e. The Kier molecular flexibility index (Phi) is 7.30. The SMILES string of the molecule is Cc1cccc(C(C)C)c1NC(=O)CCc1c(C)nc(SC(F)F)nc1C. The molecule has 0 bridgehead atoms. The number of thioether (sulfide) groups is 1. The normalized spacial score (nSPS) is 11.3. The lowest BCUT2D eigenvalue weighted by Crippen LogP contribution is -2.16. The number of carbonyl (C=O) groups is 1. The molecule has 0 aliphatic heterocycles. The van der Waals surface area contributed by atoms with E-state index >= 15 is 0 Å². The van der Waals surface area contributed by atoms with Crippen LogP contribution < -0.4 is 5.32 Å². The highest BCUT2D eigenvalue weighted by atomic mass is 32.2. The molecule has 0 saturated carbocycles. The molecule has 1 heterocycles. The summed E-state index contributed by atoms with van der Waals surface area (Å²) < 4.78 is 25.0. The minimum absolute atomic E-state index is 0.0645. The lowest BCUT2D eigenvalue weighted by molar-refractivity contribution is -0.116. The summed E-state index contributed by atoms with van der Waals surface area (Å²) in [5.41, 5.74) is 5.10. The fourth-order valence-electron chi connectivity index (χ4n) is 2.99. The van der Waals surface area contributed by atoms with Crippen molar-refractivity contribution in [3.63, 3.8) is 0 Å². The van der Waals surface area contributed by atoms with Gasteiger partial charge in [-0.3, -0.25) is 4.79 Å². The lowest BCUT2D eigenvalue weighted by atomic mass is 9.98. The number of hydrogen-bond donors (Lipinski definition) is 1. The molecule has 4 nitrogen and oxygen atoms in total. The number of hydrogen-bond acceptors (Lipinski definition) is 4. The van der Waals surface area contributed by atoms with Crippen molar-refractivity contribution in [3.05, 3.63) is 46.3 Å². The molecule has 0 aliphatic carbocycles. The summed E-state index contributed by atoms with van der Waals surface area (Å²) in [7, 11) is 0. The van der Waals surface area contributed by atoms with Crippen LogP contribution in [0, 0.1) is 20.8 Å². The first-order valence-corrected chi connectivity index (χ1v) is 9.75. The van der Waals surface area contributed by atoms with E-state index < -0.39 is 5.76 Å². The van der Waals surface area contributed by atoms with Crippen molar-refractivity contribution in [1.82, 2.24) is 9.97 Å². The molecule has 2 rings (SSSR count). The smallest absolute Gasteiger partial charge is 0.291 e. The summed E-state index contributed by atoms with van der Waals surface area (Å²) in [5.74, 6) is -2.33. The highest BCUT2D eigenvalue weighted by Gasteiger charge is 2.16. The van der Waals surface area contributed by atoms with Crippen LogP contribution in [0.2, 0.25) is 0 Å². The second-order valence-corrected chi connectivity index (χ2v) is 7.73. The van der Waals surface area contributed by atoms with Gasteiger partial charge in [-0.2, -0.15) is 8.78 Å². The van der Waals surface area contributed by atoms with Crippen LogP contribution in [-0.4, -0.2) is 21.6 Å². The molecule has 1 N–H and O–H groups in total. The molecule has 0 spiro atoms. The van der Waals surface area contributed by atoms with Crippen LogP contribution in [-0.2, 0) is 11.2 Å². The predicted molar refractivity (Wildman–Crippen MR) is 106 cm³/mol. The lowest BCUT2D eigenvalue weighted by Gasteiger charge is -2.17. The topological polar surface area (TPSA) is 54.9 Å². The quantitative estimate of drug-likeness (QED) is 0.505. The van der Waals surface area contributed by atoms with Crippen LogP contribution in [0.1, 0.15) is 54.3 Å². The van der Waals surface area contributed by atoms with Crippen molar-refractivity contribution in [1.29, 1.82) is 0 Å². The third-order valence-corrected chi connectivity index (χ3v) is 4.96. The maximum atomic E-state index is 12.5. The first-order chi connectivity index (χ1) is 12.7. The summed E-state index contributed by atoms with van der Waals surface area (Å²) in [6, 6.07) is 5.99. The van der Waals surface area contributed by atoms with E-state index in [-0.39, 0.29) is 17.5 Å². The van der Waals surface area contributed by atoms with Crippen LogP contribution in [0.3, 0.4) is 0 Å². The van der Waals surface area contributed by atoms with Gasteiger partial charge >= 0.3 is 0 Å². The predicted octanol–water partition coefficient (Wildman–Crippen LogP) is 5.41. The average Bonchev–Trinajstić information content (AvgIpc) is 2.55. The zero-order chi connectivity index (χ0) is 20.1. The van der Waals surface area contributed by atoms with Crippen molar-refractivity contribution < 1.29 is 13.6 Å². The first-order valence-electron chi connectivity index (χ1n) is 8.87. The van der Waals surface area contributed by atoms with E-state index in [0.29, 0.717) is 35.5 Å². The van der Waals surface area contributed by atoms with Crippen molar-refractivity contribution >= 4 is 23.4 Å². The number of para-hydroxylation sites is 1. The minimum Gasteiger partial charge on any atom is -0.326 e. The Bertz CT molecular complexity index is 802. The van der Waals surface area contributed by atoms with Gasteiger partial charge in [0.25, 0.3) is 5.76 Å². The third-order valence-electron chi connectivity index (χ3n) is 4.39. The molecule has 146 valence electrons. The van der Waals surface area contributed by atoms with Crippen LogP contribution in [0.4, 0.5) is 14.5 Å². The van der Waals surface area contributed by atoms with Crippen LogP contribution in [0.15, 0.2) is 23.4 Å². The van der Waals surface area contributed by atoms with Gasteiger partial charge in [-0.05, 0) is 61.6 Å². The van der Waals surface area contributed by atoms with E-state index in [0.717, 1.165) is 22.4 Å². The van der Waals surface area contributed by atoms with E-state index in [1.807, 2.05) is 25.1 Å². The molecular formula is C20H25F2N3OS. The molecular weight excluding hydrogens is 368 g/mol. The fourth-order valence-corrected chi connectivity index (χ4v) is 3.52. The van der Waals surface area contributed by atoms with E-state index in [4.69, 9.17) is 0 Å². The van der Waals surface area contributed by atoms with Gasteiger partial charge < -0.3 is 5.32 Å². The van der Waals surface area contributed by atoms with Gasteiger partial charge in [-0.15, -0.1) is 0 Å². The van der Waals surface area contributed by atoms with Crippen molar-refractivity contribution in [2.45, 2.75) is 64.3 Å². The Balaban J connectivity index is 2.09. The highest BCUT2D eigenvalue weighted by molar-refractivity contribution is 7.99. The number of anilines is 1. The standard InChI is InChI=1S/C20H25F2N3OS/c1-11(2)15-8-6-7-12(3)18(15)25-17(26)10-9-16-13(4)23-20(24-14(16)5)27-19(21)22/h6-8,11,19H,9-10H2,1-5H3,(H,25,26). The Morgan fingerprint density at radius 3 is 2.33 bits per heavy atom. The molecule has 0 fully saturated rings. The van der Waals surface area contributed by atoms with Gasteiger partial charge in [0.2, 0.25) is 5.91 Å². The van der Waals surface area contributed by atoms with Crippen molar-refractivity contribution in [3.8, 4) is 0 Å². The minimum atomic E-state index is -2.55. The molecule has 0 aliphatic rings. The zero-order valence-electron chi connectivity index (χ0n) is 16.3. The molecule has 0 atom stereocenters. The van der Waals surface area contributed by atoms with Gasteiger partial charge in [0.15, 0.2) is 5.16 Å². The molecule has 1 aromatic carbocycles. The van der Waals surface area contributed by atoms with Crippen molar-refractivity contribution in [2.75, 3.05) is 5.32 Å². The summed E-state index contributed by atoms with van der Waals surface area (Å²) in [4.78, 5) is 20.7. The van der Waals surface area contributed by atoms with E-state index in [2.05, 4.69) is 29.1 Å². The zero-order valence-corrected chi connectivity index (χ0v) is 17.1. The van der Waals surface area contributed by atoms with E-state index in [9.17, 15) is 13.6 Å². The van der Waals surface area contributed by atoms with Gasteiger partial charge in [0, 0.05) is 23.5 Å². The van der Waals surface area contributed by atoms with Crippen LogP contribution >= 0.6 is 11.8 Å². The summed E-state index contributed by atoms with van der Waals surface area (Å²) in [6.45, 7) is 9.68. The van der Waals surface area contributed by atoms with Crippen LogP contribution in [0.25, 0.3) is 0 Å². The van der Waals surface area contributed by atoms with E-state index in [1.54, 1.807) is 13.8 Å². The number of nitrogens with one attached hydrogen (secondary N) is 1. The Morgan fingerprint density at radius 1 is 1.15 bits per heavy atom. The molecule has 0 unspecified atom stereocenters. The summed E-state index contributed by atoms with van der Waals surface area (Å²) >= 11 is 0.333. The monoisotopic (exact) mass is 393 g/mol. The number of nitrogens with zero attached hydrogens (tertiary/aromatic N) is 2. The van der Waals surface area contributed by atoms with E-state index in [1.165, 1.54) is 0 Å². The molecule has 0 radical (unpaired) electrons. The molecule has 1 amide bonds. The average molecular weight is 394 g/mol. The number of aryl methyl sites for hydroxylation is 3. The number of carbonyl (C=O) groups excluding carboxylic acids is 1. The fraction of sp³-hybridized carbons (Fsp3) is 0.450. The van der Waals surface area contributed by atoms with Gasteiger partial charge in [-0.25, -0.2) is 9.97 Å². The molecule has 1 aromatic heterocycles. The van der Waals surface area contributed by atoms with Gasteiger partial charge in [-0.1, -0.05) is 32.0 Å². The Morgan fingerprint density at radius 2 is 1.78 bits per heavy atom. The maximum absolute atomic E-state index is 12.5. The second kappa shape index (κ2) is 9.26. The summed E-state index contributed by atoms with van der Waals surface area (Å²) in [5, 5.41) is 3.09. The summed E-state index contributed by atoms with van der Waals surface area (Å²) in [6.07, 6.45) is 0.740.